The fourth-order valence-corrected chi connectivity index (χ4v) is 4.97. The molecule has 0 aliphatic heterocycles. The summed E-state index contributed by atoms with van der Waals surface area (Å²) in [5.74, 6) is -0.291. The molecule has 4 aromatic heterocycles. The highest BCUT2D eigenvalue weighted by Crippen LogP contribution is 2.35. The number of nitrogens with one attached hydrogen (secondary N) is 3. The minimum Gasteiger partial charge on any atom is -0.374 e. The fourth-order valence-electron chi connectivity index (χ4n) is 4.97. The quantitative estimate of drug-likeness (QED) is 0.175. The molecule has 0 bridgehead atoms. The van der Waals surface area contributed by atoms with Crippen LogP contribution in [0.4, 0.5) is 10.1 Å². The summed E-state index contributed by atoms with van der Waals surface area (Å²) in [5, 5.41) is 23.1. The van der Waals surface area contributed by atoms with E-state index in [1.807, 2.05) is 30.3 Å². The van der Waals surface area contributed by atoms with E-state index in [0.717, 1.165) is 55.6 Å². The standard InChI is InChI=1S/C31H29FN6O/c1-31(2,3)13-29(39)35-20-10-19(14-33-15-20)18-8-9-26-23(11-18)30(38-37-26)27-12-22-24(16-34-17-28(22)36-27)21-6-4-5-7-25(21)32/h4-12,14-17,29,35-36,39H,13H2,1-3H3,(H,37,38). The Morgan fingerprint density at radius 2 is 1.69 bits per heavy atom. The largest absolute Gasteiger partial charge is 0.374 e. The number of rotatable bonds is 6. The van der Waals surface area contributed by atoms with E-state index in [4.69, 9.17) is 0 Å². The van der Waals surface area contributed by atoms with Gasteiger partial charge in [-0.05, 0) is 47.7 Å². The molecule has 6 rings (SSSR count). The number of benzene rings is 2. The molecule has 0 aliphatic rings. The Kier molecular flexibility index (Phi) is 6.12. The van der Waals surface area contributed by atoms with Crippen molar-refractivity contribution in [2.24, 2.45) is 5.41 Å². The molecule has 196 valence electrons. The molecule has 8 heteroatoms. The van der Waals surface area contributed by atoms with Crippen LogP contribution in [0.3, 0.4) is 0 Å². The first-order valence-corrected chi connectivity index (χ1v) is 12.9. The van der Waals surface area contributed by atoms with E-state index < -0.39 is 6.23 Å². The van der Waals surface area contributed by atoms with Crippen LogP contribution in [0, 0.1) is 11.2 Å². The van der Waals surface area contributed by atoms with Gasteiger partial charge in [0.05, 0.1) is 34.8 Å². The molecular formula is C31H29FN6O. The predicted octanol–water partition coefficient (Wildman–Crippen LogP) is 7.14. The van der Waals surface area contributed by atoms with Crippen molar-refractivity contribution in [2.45, 2.75) is 33.4 Å². The van der Waals surface area contributed by atoms with Crippen LogP contribution in [0.5, 0.6) is 0 Å². The van der Waals surface area contributed by atoms with E-state index in [9.17, 15) is 9.50 Å². The third-order valence-corrected chi connectivity index (χ3v) is 6.74. The van der Waals surface area contributed by atoms with Gasteiger partial charge in [-0.2, -0.15) is 5.10 Å². The summed E-state index contributed by atoms with van der Waals surface area (Å²) in [6.07, 6.45) is 6.88. The van der Waals surface area contributed by atoms with Gasteiger partial charge in [-0.25, -0.2) is 4.39 Å². The number of aromatic amines is 2. The zero-order valence-corrected chi connectivity index (χ0v) is 22.0. The minimum absolute atomic E-state index is 0.00508. The van der Waals surface area contributed by atoms with E-state index >= 15 is 0 Å². The van der Waals surface area contributed by atoms with Gasteiger partial charge in [0.1, 0.15) is 17.7 Å². The van der Waals surface area contributed by atoms with Gasteiger partial charge in [-0.1, -0.05) is 45.0 Å². The first kappa shape index (κ1) is 24.8. The maximum absolute atomic E-state index is 14.6. The van der Waals surface area contributed by atoms with Gasteiger partial charge in [-0.15, -0.1) is 0 Å². The zero-order valence-electron chi connectivity index (χ0n) is 22.0. The van der Waals surface area contributed by atoms with Crippen LogP contribution in [-0.4, -0.2) is 36.5 Å². The number of hydrogen-bond donors (Lipinski definition) is 4. The molecule has 6 aromatic rings. The van der Waals surface area contributed by atoms with Crippen LogP contribution < -0.4 is 5.32 Å². The van der Waals surface area contributed by atoms with Crippen molar-refractivity contribution in [3.05, 3.63) is 85.2 Å². The van der Waals surface area contributed by atoms with E-state index in [2.05, 4.69) is 57.3 Å². The Morgan fingerprint density at radius 1 is 0.872 bits per heavy atom. The Morgan fingerprint density at radius 3 is 2.51 bits per heavy atom. The predicted molar refractivity (Wildman–Crippen MR) is 154 cm³/mol. The van der Waals surface area contributed by atoms with Gasteiger partial charge in [-0.3, -0.25) is 15.1 Å². The molecule has 0 saturated heterocycles. The zero-order chi connectivity index (χ0) is 27.1. The summed E-state index contributed by atoms with van der Waals surface area (Å²) >= 11 is 0. The number of pyridine rings is 2. The van der Waals surface area contributed by atoms with Gasteiger partial charge in [0.15, 0.2) is 0 Å². The van der Waals surface area contributed by atoms with Gasteiger partial charge in [0.2, 0.25) is 0 Å². The van der Waals surface area contributed by atoms with Crippen molar-refractivity contribution in [3.8, 4) is 33.6 Å². The van der Waals surface area contributed by atoms with Gasteiger partial charge in [0, 0.05) is 39.9 Å². The van der Waals surface area contributed by atoms with Crippen molar-refractivity contribution in [1.82, 2.24) is 25.1 Å². The summed E-state index contributed by atoms with van der Waals surface area (Å²) in [6, 6.07) is 16.8. The van der Waals surface area contributed by atoms with E-state index in [1.165, 1.54) is 6.07 Å². The van der Waals surface area contributed by atoms with Crippen LogP contribution in [-0.2, 0) is 0 Å². The van der Waals surface area contributed by atoms with Crippen LogP contribution >= 0.6 is 0 Å². The Bertz CT molecular complexity index is 1800. The topological polar surface area (TPSA) is 103 Å². The molecule has 2 aromatic carbocycles. The average molecular weight is 521 g/mol. The summed E-state index contributed by atoms with van der Waals surface area (Å²) < 4.78 is 14.6. The molecule has 4 N–H and O–H groups in total. The lowest BCUT2D eigenvalue weighted by Gasteiger charge is -2.23. The molecule has 1 unspecified atom stereocenters. The number of H-pyrrole nitrogens is 2. The smallest absolute Gasteiger partial charge is 0.131 e. The normalized spacial score (nSPS) is 12.7. The second-order valence-electron chi connectivity index (χ2n) is 11.0. The Balaban J connectivity index is 1.37. The van der Waals surface area contributed by atoms with Crippen molar-refractivity contribution in [2.75, 3.05) is 5.32 Å². The summed E-state index contributed by atoms with van der Waals surface area (Å²) in [4.78, 5) is 12.1. The lowest BCUT2D eigenvalue weighted by atomic mass is 9.91. The van der Waals surface area contributed by atoms with Crippen molar-refractivity contribution < 1.29 is 9.50 Å². The van der Waals surface area contributed by atoms with Crippen LogP contribution in [0.2, 0.25) is 0 Å². The first-order valence-electron chi connectivity index (χ1n) is 12.9. The van der Waals surface area contributed by atoms with Crippen LogP contribution in [0.15, 0.2) is 79.4 Å². The van der Waals surface area contributed by atoms with Gasteiger partial charge >= 0.3 is 0 Å². The van der Waals surface area contributed by atoms with E-state index in [1.54, 1.807) is 36.9 Å². The van der Waals surface area contributed by atoms with Crippen LogP contribution in [0.1, 0.15) is 27.2 Å². The Hall–Kier alpha value is -4.56. The number of nitrogens with zero attached hydrogens (tertiary/aromatic N) is 3. The third kappa shape index (κ3) is 4.98. The third-order valence-electron chi connectivity index (χ3n) is 6.74. The number of anilines is 1. The average Bonchev–Trinajstić information content (AvgIpc) is 3.51. The monoisotopic (exact) mass is 520 g/mol. The molecule has 0 saturated carbocycles. The molecular weight excluding hydrogens is 491 g/mol. The first-order chi connectivity index (χ1) is 18.7. The number of hydrogen-bond acceptors (Lipinski definition) is 5. The summed E-state index contributed by atoms with van der Waals surface area (Å²) in [7, 11) is 0. The molecule has 7 nitrogen and oxygen atoms in total. The molecule has 0 radical (unpaired) electrons. The second-order valence-corrected chi connectivity index (χ2v) is 11.0. The molecule has 4 heterocycles. The summed E-state index contributed by atoms with van der Waals surface area (Å²) in [5.41, 5.74) is 7.11. The van der Waals surface area contributed by atoms with Crippen molar-refractivity contribution in [1.29, 1.82) is 0 Å². The summed E-state index contributed by atoms with van der Waals surface area (Å²) in [6.45, 7) is 6.28. The number of aromatic nitrogens is 5. The highest BCUT2D eigenvalue weighted by Gasteiger charge is 2.18. The minimum atomic E-state index is -0.671. The van der Waals surface area contributed by atoms with E-state index in [-0.39, 0.29) is 11.2 Å². The number of fused-ring (bicyclic) bond motifs is 2. The van der Waals surface area contributed by atoms with Gasteiger partial charge in [0.25, 0.3) is 0 Å². The lowest BCUT2D eigenvalue weighted by Crippen LogP contribution is -2.25. The number of halogens is 1. The second kappa shape index (κ2) is 9.63. The highest BCUT2D eigenvalue weighted by molar-refractivity contribution is 6.01. The van der Waals surface area contributed by atoms with E-state index in [0.29, 0.717) is 12.0 Å². The number of aliphatic hydroxyl groups is 1. The van der Waals surface area contributed by atoms with Crippen LogP contribution in [0.25, 0.3) is 55.4 Å². The molecule has 1 atom stereocenters. The Labute approximate surface area is 225 Å². The maximum atomic E-state index is 14.6. The molecule has 0 amide bonds. The van der Waals surface area contributed by atoms with Crippen molar-refractivity contribution >= 4 is 27.5 Å². The molecule has 0 aliphatic carbocycles. The lowest BCUT2D eigenvalue weighted by molar-refractivity contribution is 0.145. The number of aliphatic hydroxyl groups excluding tert-OH is 1. The molecule has 0 fully saturated rings. The maximum Gasteiger partial charge on any atom is 0.131 e. The molecule has 39 heavy (non-hydrogen) atoms. The highest BCUT2D eigenvalue weighted by atomic mass is 19.1. The SMILES string of the molecule is CC(C)(C)CC(O)Nc1cncc(-c2ccc3[nH]nc(-c4cc5c(-c6ccccc6F)cncc5[nH]4)c3c2)c1. The molecule has 0 spiro atoms. The van der Waals surface area contributed by atoms with Crippen molar-refractivity contribution in [3.63, 3.8) is 0 Å². The fraction of sp³-hybridized carbons (Fsp3) is 0.194. The van der Waals surface area contributed by atoms with Gasteiger partial charge < -0.3 is 15.4 Å².